The van der Waals surface area contributed by atoms with Gasteiger partial charge in [0.15, 0.2) is 11.5 Å². The highest BCUT2D eigenvalue weighted by atomic mass is 16.6. The Balaban J connectivity index is 2.11. The van der Waals surface area contributed by atoms with Gasteiger partial charge in [-0.15, -0.1) is 0 Å². The van der Waals surface area contributed by atoms with E-state index >= 15 is 0 Å². The van der Waals surface area contributed by atoms with Gasteiger partial charge in [-0.25, -0.2) is 0 Å². The number of fused-ring (bicyclic) bond motifs is 2. The van der Waals surface area contributed by atoms with Crippen molar-refractivity contribution in [2.75, 3.05) is 13.2 Å². The van der Waals surface area contributed by atoms with Crippen LogP contribution in [0.2, 0.25) is 0 Å². The summed E-state index contributed by atoms with van der Waals surface area (Å²) in [5.41, 5.74) is -3.65. The van der Waals surface area contributed by atoms with Gasteiger partial charge in [-0.3, -0.25) is 29.3 Å². The Morgan fingerprint density at radius 3 is 2.09 bits per heavy atom. The van der Waals surface area contributed by atoms with E-state index in [4.69, 9.17) is 14.2 Å². The van der Waals surface area contributed by atoms with Gasteiger partial charge < -0.3 is 14.2 Å². The average molecular weight is 451 g/mol. The van der Waals surface area contributed by atoms with Gasteiger partial charge in [0, 0.05) is 22.8 Å². The molecule has 0 amide bonds. The molecule has 0 saturated carbocycles. The summed E-state index contributed by atoms with van der Waals surface area (Å²) in [6, 6.07) is 9.04. The van der Waals surface area contributed by atoms with Gasteiger partial charge in [-0.2, -0.15) is 0 Å². The molecule has 1 heterocycles. The van der Waals surface area contributed by atoms with E-state index < -0.39 is 50.9 Å². The molecule has 1 aliphatic heterocycles. The van der Waals surface area contributed by atoms with Gasteiger partial charge in [0.05, 0.1) is 29.8 Å². The molecule has 0 aromatic heterocycles. The molecule has 0 atom stereocenters. The van der Waals surface area contributed by atoms with E-state index in [1.807, 2.05) is 0 Å². The number of hydrogen-bond acceptors (Lipinski definition) is 9. The molecule has 168 valence electrons. The quantitative estimate of drug-likeness (QED) is 0.290. The first-order chi connectivity index (χ1) is 15.8. The normalized spacial score (nSPS) is 15.6. The molecule has 0 saturated heterocycles. The number of carbonyl (C=O) groups is 4. The van der Waals surface area contributed by atoms with Crippen LogP contribution in [0.1, 0.15) is 40.1 Å². The van der Waals surface area contributed by atoms with Crippen molar-refractivity contribution >= 4 is 29.2 Å². The zero-order valence-corrected chi connectivity index (χ0v) is 17.6. The van der Waals surface area contributed by atoms with E-state index in [0.717, 1.165) is 18.2 Å². The number of esters is 2. The zero-order chi connectivity index (χ0) is 23.9. The minimum atomic E-state index is -2.51. The number of ether oxygens (including phenoxy) is 3. The molecular formula is C23H17NO9. The third-order valence-electron chi connectivity index (χ3n) is 5.41. The lowest BCUT2D eigenvalue weighted by molar-refractivity contribution is -0.385. The predicted molar refractivity (Wildman–Crippen MR) is 111 cm³/mol. The Hall–Kier alpha value is -4.34. The summed E-state index contributed by atoms with van der Waals surface area (Å²) in [7, 11) is 0. The van der Waals surface area contributed by atoms with E-state index in [1.165, 1.54) is 32.0 Å². The van der Waals surface area contributed by atoms with Gasteiger partial charge in [-0.05, 0) is 19.9 Å². The van der Waals surface area contributed by atoms with E-state index in [0.29, 0.717) is 0 Å². The van der Waals surface area contributed by atoms with Crippen molar-refractivity contribution in [2.45, 2.75) is 19.3 Å². The molecular weight excluding hydrogens is 434 g/mol. The van der Waals surface area contributed by atoms with E-state index in [2.05, 4.69) is 0 Å². The van der Waals surface area contributed by atoms with Gasteiger partial charge in [0.25, 0.3) is 5.69 Å². The third-order valence-corrected chi connectivity index (χ3v) is 5.41. The van der Waals surface area contributed by atoms with Crippen LogP contribution < -0.4 is 4.74 Å². The Morgan fingerprint density at radius 1 is 0.970 bits per heavy atom. The molecule has 2 aromatic rings. The van der Waals surface area contributed by atoms with Crippen molar-refractivity contribution in [3.05, 3.63) is 80.6 Å². The lowest BCUT2D eigenvalue weighted by Crippen LogP contribution is -2.53. The maximum atomic E-state index is 13.6. The minimum absolute atomic E-state index is 0.0109. The summed E-state index contributed by atoms with van der Waals surface area (Å²) < 4.78 is 16.0. The van der Waals surface area contributed by atoms with E-state index in [1.54, 1.807) is 6.07 Å². The second-order valence-electron chi connectivity index (χ2n) is 7.14. The number of nitro benzene ring substituents is 1. The topological polar surface area (TPSA) is 139 Å². The molecule has 0 spiro atoms. The first kappa shape index (κ1) is 21.9. The molecule has 0 radical (unpaired) electrons. The molecule has 1 aliphatic carbocycles. The number of non-ortho nitro benzene ring substituents is 1. The summed E-state index contributed by atoms with van der Waals surface area (Å²) in [5, 5.41) is 11.3. The monoisotopic (exact) mass is 451 g/mol. The predicted octanol–water partition coefficient (Wildman–Crippen LogP) is 2.68. The second kappa shape index (κ2) is 7.97. The number of Topliss-reactive ketones (excluding diaryl/α,β-unsaturated/α-hetero) is 2. The number of rotatable bonds is 5. The third kappa shape index (κ3) is 3.02. The van der Waals surface area contributed by atoms with Crippen LogP contribution in [0.25, 0.3) is 0 Å². The van der Waals surface area contributed by atoms with Crippen LogP contribution in [0.5, 0.6) is 5.75 Å². The first-order valence-corrected chi connectivity index (χ1v) is 10.0. The highest BCUT2D eigenvalue weighted by Gasteiger charge is 2.63. The first-order valence-electron chi connectivity index (χ1n) is 10.0. The molecule has 0 bridgehead atoms. The molecule has 10 nitrogen and oxygen atoms in total. The van der Waals surface area contributed by atoms with E-state index in [9.17, 15) is 29.3 Å². The lowest BCUT2D eigenvalue weighted by atomic mass is 9.66. The average Bonchev–Trinajstić information content (AvgIpc) is 2.81. The number of ketones is 2. The standard InChI is InChI=1S/C23H17NO9/c1-3-31-21(27)23(22(28)32-4-2)15-10-9-12(24(29)30)11-16(15)33-20-17(23)18(25)13-7-5-6-8-14(13)19(20)26/h5-11H,3-4H2,1-2H3. The number of hydrogen-bond donors (Lipinski definition) is 0. The fourth-order valence-electron chi connectivity index (χ4n) is 4.04. The van der Waals surface area contributed by atoms with Gasteiger partial charge in [-0.1, -0.05) is 24.3 Å². The molecule has 0 N–H and O–H groups in total. The fraction of sp³-hybridized carbons (Fsp3) is 0.217. The highest BCUT2D eigenvalue weighted by molar-refractivity contribution is 6.32. The van der Waals surface area contributed by atoms with Gasteiger partial charge in [0.2, 0.25) is 11.2 Å². The van der Waals surface area contributed by atoms with Crippen molar-refractivity contribution in [1.82, 2.24) is 0 Å². The smallest absolute Gasteiger partial charge is 0.333 e. The molecule has 10 heteroatoms. The van der Waals surface area contributed by atoms with Gasteiger partial charge >= 0.3 is 11.9 Å². The highest BCUT2D eigenvalue weighted by Crippen LogP contribution is 2.50. The zero-order valence-electron chi connectivity index (χ0n) is 17.6. The Bertz CT molecular complexity index is 1260. The molecule has 0 unspecified atom stereocenters. The number of nitrogens with zero attached hydrogens (tertiary/aromatic N) is 1. The Labute approximate surface area is 186 Å². The van der Waals surface area contributed by atoms with Crippen LogP contribution in [0.4, 0.5) is 5.69 Å². The van der Waals surface area contributed by atoms with Crippen LogP contribution in [-0.2, 0) is 24.5 Å². The number of nitro groups is 1. The van der Waals surface area contributed by atoms with E-state index in [-0.39, 0.29) is 35.7 Å². The summed E-state index contributed by atoms with van der Waals surface area (Å²) in [4.78, 5) is 64.4. The maximum absolute atomic E-state index is 13.6. The Kier molecular flexibility index (Phi) is 5.28. The molecule has 4 rings (SSSR count). The van der Waals surface area contributed by atoms with Crippen molar-refractivity contribution in [3.8, 4) is 5.75 Å². The van der Waals surface area contributed by atoms with Crippen molar-refractivity contribution < 1.29 is 38.3 Å². The second-order valence-corrected chi connectivity index (χ2v) is 7.14. The summed E-state index contributed by atoms with van der Waals surface area (Å²) >= 11 is 0. The number of benzene rings is 2. The van der Waals surface area contributed by atoms with Crippen LogP contribution in [-0.4, -0.2) is 41.6 Å². The molecule has 2 aromatic carbocycles. The van der Waals surface area contributed by atoms with Gasteiger partial charge in [0.1, 0.15) is 5.75 Å². The Morgan fingerprint density at radius 2 is 1.55 bits per heavy atom. The van der Waals surface area contributed by atoms with Crippen LogP contribution in [0.15, 0.2) is 53.8 Å². The van der Waals surface area contributed by atoms with Crippen molar-refractivity contribution in [2.24, 2.45) is 0 Å². The molecule has 2 aliphatic rings. The number of carbonyl (C=O) groups excluding carboxylic acids is 4. The van der Waals surface area contributed by atoms with Crippen molar-refractivity contribution in [3.63, 3.8) is 0 Å². The molecule has 0 fully saturated rings. The largest absolute Gasteiger partial charge is 0.465 e. The summed E-state index contributed by atoms with van der Waals surface area (Å²) in [6.45, 7) is 2.71. The SMILES string of the molecule is CCOC(=O)C1(C(=O)OCC)C2=C(Oc3cc([N+](=O)[O-])ccc31)C(=O)c1ccccc1C2=O. The van der Waals surface area contributed by atoms with Crippen LogP contribution >= 0.6 is 0 Å². The summed E-state index contributed by atoms with van der Waals surface area (Å²) in [5.74, 6) is -4.73. The van der Waals surface area contributed by atoms with Crippen molar-refractivity contribution in [1.29, 1.82) is 0 Å². The van der Waals surface area contributed by atoms with Crippen LogP contribution in [0, 0.1) is 10.1 Å². The minimum Gasteiger partial charge on any atom is -0.465 e. The fourth-order valence-corrected chi connectivity index (χ4v) is 4.04. The number of allylic oxidation sites excluding steroid dienone is 1. The lowest BCUT2D eigenvalue weighted by Gasteiger charge is -2.38. The maximum Gasteiger partial charge on any atom is 0.333 e. The molecule has 33 heavy (non-hydrogen) atoms. The summed E-state index contributed by atoms with van der Waals surface area (Å²) in [6.07, 6.45) is 0. The van der Waals surface area contributed by atoms with Crippen LogP contribution in [0.3, 0.4) is 0 Å².